The molecule has 0 aromatic heterocycles. The van der Waals surface area contributed by atoms with E-state index in [1.807, 2.05) is 36.4 Å². The van der Waals surface area contributed by atoms with Crippen LogP contribution in [0.1, 0.15) is 24.1 Å². The lowest BCUT2D eigenvalue weighted by Gasteiger charge is -2.14. The molecule has 0 amide bonds. The SMILES string of the molecule is C[C@H](NCc1ccc(O)cc1)c1ccc(Cl)cc1. The number of phenols is 1. The van der Waals surface area contributed by atoms with Gasteiger partial charge < -0.3 is 10.4 Å². The quantitative estimate of drug-likeness (QED) is 0.875. The van der Waals surface area contributed by atoms with Crippen LogP contribution < -0.4 is 5.32 Å². The van der Waals surface area contributed by atoms with Gasteiger partial charge in [0.15, 0.2) is 0 Å². The highest BCUT2D eigenvalue weighted by atomic mass is 35.5. The second kappa shape index (κ2) is 5.89. The molecule has 2 nitrogen and oxygen atoms in total. The van der Waals surface area contributed by atoms with Gasteiger partial charge in [0.05, 0.1) is 0 Å². The van der Waals surface area contributed by atoms with Gasteiger partial charge in [-0.3, -0.25) is 0 Å². The molecule has 0 saturated carbocycles. The maximum Gasteiger partial charge on any atom is 0.115 e. The number of benzene rings is 2. The van der Waals surface area contributed by atoms with E-state index in [0.29, 0.717) is 5.75 Å². The lowest BCUT2D eigenvalue weighted by Crippen LogP contribution is -2.17. The molecule has 0 saturated heterocycles. The van der Waals surface area contributed by atoms with Gasteiger partial charge in [-0.25, -0.2) is 0 Å². The third-order valence-corrected chi connectivity index (χ3v) is 3.17. The van der Waals surface area contributed by atoms with E-state index in [1.54, 1.807) is 12.1 Å². The number of phenolic OH excluding ortho intramolecular Hbond substituents is 1. The summed E-state index contributed by atoms with van der Waals surface area (Å²) in [5.74, 6) is 0.296. The summed E-state index contributed by atoms with van der Waals surface area (Å²) in [4.78, 5) is 0. The second-order valence-corrected chi connectivity index (χ2v) is 4.76. The van der Waals surface area contributed by atoms with Crippen LogP contribution in [0.5, 0.6) is 5.75 Å². The van der Waals surface area contributed by atoms with Gasteiger partial charge in [0.25, 0.3) is 0 Å². The van der Waals surface area contributed by atoms with Gasteiger partial charge in [0, 0.05) is 17.6 Å². The van der Waals surface area contributed by atoms with Gasteiger partial charge in [-0.15, -0.1) is 0 Å². The summed E-state index contributed by atoms with van der Waals surface area (Å²) in [6, 6.07) is 15.3. The highest BCUT2D eigenvalue weighted by molar-refractivity contribution is 6.30. The average Bonchev–Trinajstić information content (AvgIpc) is 2.38. The van der Waals surface area contributed by atoms with E-state index in [2.05, 4.69) is 12.2 Å². The summed E-state index contributed by atoms with van der Waals surface area (Å²) >= 11 is 5.86. The van der Waals surface area contributed by atoms with E-state index >= 15 is 0 Å². The number of halogens is 1. The monoisotopic (exact) mass is 261 g/mol. The molecule has 2 aromatic rings. The smallest absolute Gasteiger partial charge is 0.115 e. The Morgan fingerprint density at radius 1 is 1.06 bits per heavy atom. The third-order valence-electron chi connectivity index (χ3n) is 2.92. The second-order valence-electron chi connectivity index (χ2n) is 4.32. The molecule has 0 heterocycles. The van der Waals surface area contributed by atoms with Gasteiger partial charge in [0.1, 0.15) is 5.75 Å². The molecule has 2 rings (SSSR count). The van der Waals surface area contributed by atoms with Crippen molar-refractivity contribution in [1.29, 1.82) is 0 Å². The van der Waals surface area contributed by atoms with Crippen LogP contribution in [-0.4, -0.2) is 5.11 Å². The Balaban J connectivity index is 1.93. The highest BCUT2D eigenvalue weighted by Gasteiger charge is 2.04. The predicted molar refractivity (Wildman–Crippen MR) is 74.8 cm³/mol. The van der Waals surface area contributed by atoms with Crippen LogP contribution >= 0.6 is 11.6 Å². The van der Waals surface area contributed by atoms with Crippen molar-refractivity contribution in [1.82, 2.24) is 5.32 Å². The topological polar surface area (TPSA) is 32.3 Å². The van der Waals surface area contributed by atoms with Gasteiger partial charge >= 0.3 is 0 Å². The Kier molecular flexibility index (Phi) is 4.24. The number of aromatic hydroxyl groups is 1. The zero-order chi connectivity index (χ0) is 13.0. The maximum absolute atomic E-state index is 9.21. The fourth-order valence-electron chi connectivity index (χ4n) is 1.75. The summed E-state index contributed by atoms with van der Waals surface area (Å²) in [5, 5.41) is 13.4. The van der Waals surface area contributed by atoms with Crippen molar-refractivity contribution in [2.24, 2.45) is 0 Å². The van der Waals surface area contributed by atoms with Crippen molar-refractivity contribution in [2.75, 3.05) is 0 Å². The average molecular weight is 262 g/mol. The van der Waals surface area contributed by atoms with Crippen LogP contribution in [-0.2, 0) is 6.54 Å². The molecular formula is C15H16ClNO. The molecule has 2 N–H and O–H groups in total. The zero-order valence-electron chi connectivity index (χ0n) is 10.2. The first-order valence-corrected chi connectivity index (χ1v) is 6.30. The van der Waals surface area contributed by atoms with Gasteiger partial charge in [-0.1, -0.05) is 35.9 Å². The van der Waals surface area contributed by atoms with Crippen molar-refractivity contribution >= 4 is 11.6 Å². The molecule has 0 spiro atoms. The van der Waals surface area contributed by atoms with Gasteiger partial charge in [-0.2, -0.15) is 0 Å². The van der Waals surface area contributed by atoms with Gasteiger partial charge in [-0.05, 0) is 42.3 Å². The Hall–Kier alpha value is -1.51. The Morgan fingerprint density at radius 3 is 2.28 bits per heavy atom. The summed E-state index contributed by atoms with van der Waals surface area (Å²) in [6.07, 6.45) is 0. The molecule has 3 heteroatoms. The minimum absolute atomic E-state index is 0.260. The van der Waals surface area contributed by atoms with Crippen molar-refractivity contribution < 1.29 is 5.11 Å². The molecule has 0 aliphatic heterocycles. The molecule has 0 aliphatic rings. The standard InChI is InChI=1S/C15H16ClNO/c1-11(13-4-6-14(16)7-5-13)17-10-12-2-8-15(18)9-3-12/h2-9,11,17-18H,10H2,1H3/t11-/m0/s1. The summed E-state index contributed by atoms with van der Waals surface area (Å²) < 4.78 is 0. The fraction of sp³-hybridized carbons (Fsp3) is 0.200. The fourth-order valence-corrected chi connectivity index (χ4v) is 1.88. The first kappa shape index (κ1) is 12.9. The number of hydrogen-bond acceptors (Lipinski definition) is 2. The van der Waals surface area contributed by atoms with E-state index in [9.17, 15) is 5.11 Å². The lowest BCUT2D eigenvalue weighted by molar-refractivity contribution is 0.474. The summed E-state index contributed by atoms with van der Waals surface area (Å²) in [7, 11) is 0. The molecule has 0 radical (unpaired) electrons. The van der Waals surface area contributed by atoms with Crippen LogP contribution in [0.15, 0.2) is 48.5 Å². The molecular weight excluding hydrogens is 246 g/mol. The zero-order valence-corrected chi connectivity index (χ0v) is 11.0. The number of rotatable bonds is 4. The normalized spacial score (nSPS) is 12.3. The van der Waals surface area contributed by atoms with Crippen molar-refractivity contribution in [3.05, 3.63) is 64.7 Å². The number of nitrogens with one attached hydrogen (secondary N) is 1. The van der Waals surface area contributed by atoms with Crippen LogP contribution in [0.25, 0.3) is 0 Å². The molecule has 0 aliphatic carbocycles. The molecule has 0 unspecified atom stereocenters. The van der Waals surface area contributed by atoms with Crippen molar-refractivity contribution in [3.8, 4) is 5.75 Å². The highest BCUT2D eigenvalue weighted by Crippen LogP contribution is 2.17. The van der Waals surface area contributed by atoms with Crippen LogP contribution in [0.4, 0.5) is 0 Å². The first-order chi connectivity index (χ1) is 8.65. The number of hydrogen-bond donors (Lipinski definition) is 2. The van der Waals surface area contributed by atoms with E-state index in [-0.39, 0.29) is 6.04 Å². The summed E-state index contributed by atoms with van der Waals surface area (Å²) in [5.41, 5.74) is 2.35. The van der Waals surface area contributed by atoms with Crippen molar-refractivity contribution in [2.45, 2.75) is 19.5 Å². The van der Waals surface area contributed by atoms with Crippen LogP contribution in [0, 0.1) is 0 Å². The molecule has 18 heavy (non-hydrogen) atoms. The summed E-state index contributed by atoms with van der Waals surface area (Å²) in [6.45, 7) is 2.88. The Bertz CT molecular complexity index is 493. The van der Waals surface area contributed by atoms with Gasteiger partial charge in [0.2, 0.25) is 0 Å². The first-order valence-electron chi connectivity index (χ1n) is 5.92. The molecule has 0 fully saturated rings. The third kappa shape index (κ3) is 3.49. The Morgan fingerprint density at radius 2 is 1.67 bits per heavy atom. The predicted octanol–water partition coefficient (Wildman–Crippen LogP) is 3.90. The van der Waals surface area contributed by atoms with Crippen LogP contribution in [0.2, 0.25) is 5.02 Å². The van der Waals surface area contributed by atoms with E-state index in [0.717, 1.165) is 17.1 Å². The van der Waals surface area contributed by atoms with E-state index in [4.69, 9.17) is 11.6 Å². The minimum atomic E-state index is 0.260. The van der Waals surface area contributed by atoms with Crippen molar-refractivity contribution in [3.63, 3.8) is 0 Å². The minimum Gasteiger partial charge on any atom is -0.508 e. The molecule has 1 atom stereocenters. The Labute approximate surface area is 112 Å². The largest absolute Gasteiger partial charge is 0.508 e. The van der Waals surface area contributed by atoms with E-state index < -0.39 is 0 Å². The molecule has 0 bridgehead atoms. The van der Waals surface area contributed by atoms with E-state index in [1.165, 1.54) is 5.56 Å². The molecule has 2 aromatic carbocycles. The molecule has 94 valence electrons. The van der Waals surface area contributed by atoms with Crippen LogP contribution in [0.3, 0.4) is 0 Å². The lowest BCUT2D eigenvalue weighted by atomic mass is 10.1. The maximum atomic E-state index is 9.21.